The Labute approximate surface area is 100 Å². The molecule has 7 heteroatoms. The van der Waals surface area contributed by atoms with E-state index in [1.54, 1.807) is 12.1 Å². The van der Waals surface area contributed by atoms with Crippen LogP contribution in [0.25, 0.3) is 0 Å². The van der Waals surface area contributed by atoms with Gasteiger partial charge in [-0.2, -0.15) is 0 Å². The molecule has 0 fully saturated rings. The Hall–Kier alpha value is -1.18. The maximum atomic E-state index is 11.7. The number of nitrogens with one attached hydrogen (secondary N) is 1. The predicted octanol–water partition coefficient (Wildman–Crippen LogP) is 0.592. The molecule has 0 aliphatic rings. The smallest absolute Gasteiger partial charge is 0.242 e. The van der Waals surface area contributed by atoms with Gasteiger partial charge in [-0.15, -0.1) is 0 Å². The molecule has 1 aromatic carbocycles. The second-order valence-corrected chi connectivity index (χ2v) is 5.89. The molecule has 16 heavy (non-hydrogen) atoms. The minimum Gasteiger partial charge on any atom is -0.376 e. The largest absolute Gasteiger partial charge is 0.376 e. The van der Waals surface area contributed by atoms with Crippen LogP contribution in [0.15, 0.2) is 29.2 Å². The quantitative estimate of drug-likeness (QED) is 0.777. The normalized spacial score (nSPS) is 11.4. The Kier molecular flexibility index (Phi) is 3.84. The van der Waals surface area contributed by atoms with E-state index in [9.17, 15) is 8.42 Å². The van der Waals surface area contributed by atoms with Crippen LogP contribution in [-0.2, 0) is 10.0 Å². The van der Waals surface area contributed by atoms with Crippen molar-refractivity contribution in [1.29, 1.82) is 0 Å². The number of anilines is 1. The predicted molar refractivity (Wildman–Crippen MR) is 67.7 cm³/mol. The van der Waals surface area contributed by atoms with Crippen LogP contribution in [-0.4, -0.2) is 31.9 Å². The maximum Gasteiger partial charge on any atom is 0.242 e. The van der Waals surface area contributed by atoms with Crippen molar-refractivity contribution in [2.45, 2.75) is 4.90 Å². The zero-order chi connectivity index (χ0) is 12.3. The van der Waals surface area contributed by atoms with Gasteiger partial charge in [0.25, 0.3) is 0 Å². The van der Waals surface area contributed by atoms with E-state index in [4.69, 9.17) is 5.73 Å². The van der Waals surface area contributed by atoms with E-state index in [1.165, 1.54) is 26.2 Å². The first-order chi connectivity index (χ1) is 7.34. The van der Waals surface area contributed by atoms with Gasteiger partial charge in [0.1, 0.15) is 0 Å². The lowest BCUT2D eigenvalue weighted by molar-refractivity contribution is 0.521. The lowest BCUT2D eigenvalue weighted by atomic mass is 10.3. The highest BCUT2D eigenvalue weighted by Gasteiger charge is 2.16. The molecule has 0 amide bonds. The number of benzene rings is 1. The van der Waals surface area contributed by atoms with E-state index in [0.717, 1.165) is 4.31 Å². The van der Waals surface area contributed by atoms with Crippen LogP contribution < -0.4 is 11.1 Å². The molecule has 0 saturated carbocycles. The summed E-state index contributed by atoms with van der Waals surface area (Å²) in [5.41, 5.74) is 5.95. The van der Waals surface area contributed by atoms with E-state index in [-0.39, 0.29) is 10.0 Å². The molecular weight excluding hydrogens is 246 g/mol. The molecule has 1 aromatic rings. The van der Waals surface area contributed by atoms with Crippen molar-refractivity contribution in [2.75, 3.05) is 19.4 Å². The van der Waals surface area contributed by atoms with Crippen molar-refractivity contribution in [3.63, 3.8) is 0 Å². The SMILES string of the molecule is CN(C)S(=O)(=O)c1ccc(NC(N)=S)cc1. The van der Waals surface area contributed by atoms with E-state index in [0.29, 0.717) is 5.69 Å². The minimum absolute atomic E-state index is 0.142. The summed E-state index contributed by atoms with van der Waals surface area (Å²) in [6, 6.07) is 6.21. The second kappa shape index (κ2) is 4.77. The van der Waals surface area contributed by atoms with Gasteiger partial charge in [0, 0.05) is 19.8 Å². The zero-order valence-electron chi connectivity index (χ0n) is 8.97. The van der Waals surface area contributed by atoms with Crippen LogP contribution in [0.3, 0.4) is 0 Å². The van der Waals surface area contributed by atoms with Gasteiger partial charge in [-0.1, -0.05) is 0 Å². The average Bonchev–Trinajstić information content (AvgIpc) is 2.17. The fourth-order valence-electron chi connectivity index (χ4n) is 1.06. The van der Waals surface area contributed by atoms with Crippen molar-refractivity contribution >= 4 is 33.0 Å². The second-order valence-electron chi connectivity index (χ2n) is 3.30. The van der Waals surface area contributed by atoms with Crippen LogP contribution in [0.4, 0.5) is 5.69 Å². The van der Waals surface area contributed by atoms with Gasteiger partial charge in [0.2, 0.25) is 10.0 Å². The molecule has 88 valence electrons. The highest BCUT2D eigenvalue weighted by molar-refractivity contribution is 7.89. The first-order valence-electron chi connectivity index (χ1n) is 4.43. The summed E-state index contributed by atoms with van der Waals surface area (Å²) in [6.45, 7) is 0. The highest BCUT2D eigenvalue weighted by Crippen LogP contribution is 2.16. The number of rotatable bonds is 3. The molecule has 0 aliphatic heterocycles. The summed E-state index contributed by atoms with van der Waals surface area (Å²) in [6.07, 6.45) is 0. The molecule has 0 atom stereocenters. The Bertz CT molecular complexity index is 480. The zero-order valence-corrected chi connectivity index (χ0v) is 10.6. The van der Waals surface area contributed by atoms with Gasteiger partial charge in [0.05, 0.1) is 4.90 Å². The van der Waals surface area contributed by atoms with Gasteiger partial charge >= 0.3 is 0 Å². The summed E-state index contributed by atoms with van der Waals surface area (Å²) in [5.74, 6) is 0. The summed E-state index contributed by atoms with van der Waals surface area (Å²) >= 11 is 4.67. The number of nitrogens with two attached hydrogens (primary N) is 1. The van der Waals surface area contributed by atoms with Crippen LogP contribution >= 0.6 is 12.2 Å². The summed E-state index contributed by atoms with van der Waals surface area (Å²) in [4.78, 5) is 0.228. The molecule has 0 bridgehead atoms. The summed E-state index contributed by atoms with van der Waals surface area (Å²) < 4.78 is 24.6. The number of nitrogens with zero attached hydrogens (tertiary/aromatic N) is 1. The molecule has 5 nitrogen and oxygen atoms in total. The van der Waals surface area contributed by atoms with E-state index >= 15 is 0 Å². The number of thiocarbonyl (C=S) groups is 1. The van der Waals surface area contributed by atoms with Crippen molar-refractivity contribution in [1.82, 2.24) is 4.31 Å². The molecule has 0 spiro atoms. The third kappa shape index (κ3) is 2.91. The van der Waals surface area contributed by atoms with Gasteiger partial charge in [0.15, 0.2) is 5.11 Å². The Morgan fingerprint density at radius 2 is 1.81 bits per heavy atom. The molecule has 0 radical (unpaired) electrons. The van der Waals surface area contributed by atoms with Crippen molar-refractivity contribution in [3.05, 3.63) is 24.3 Å². The average molecular weight is 259 g/mol. The molecule has 0 unspecified atom stereocenters. The Balaban J connectivity index is 3.00. The first-order valence-corrected chi connectivity index (χ1v) is 6.28. The molecule has 1 rings (SSSR count). The number of hydrogen-bond acceptors (Lipinski definition) is 3. The number of hydrogen-bond donors (Lipinski definition) is 2. The molecule has 3 N–H and O–H groups in total. The molecule has 0 heterocycles. The van der Waals surface area contributed by atoms with Gasteiger partial charge in [-0.25, -0.2) is 12.7 Å². The van der Waals surface area contributed by atoms with E-state index in [1.807, 2.05) is 0 Å². The van der Waals surface area contributed by atoms with E-state index in [2.05, 4.69) is 17.5 Å². The minimum atomic E-state index is -3.38. The summed E-state index contributed by atoms with van der Waals surface area (Å²) in [5, 5.41) is 2.86. The third-order valence-electron chi connectivity index (χ3n) is 1.90. The topological polar surface area (TPSA) is 75.4 Å². The van der Waals surface area contributed by atoms with Crippen LogP contribution in [0, 0.1) is 0 Å². The lowest BCUT2D eigenvalue weighted by Crippen LogP contribution is -2.22. The van der Waals surface area contributed by atoms with Crippen molar-refractivity contribution in [2.24, 2.45) is 5.73 Å². The maximum absolute atomic E-state index is 11.7. The highest BCUT2D eigenvalue weighted by atomic mass is 32.2. The monoisotopic (exact) mass is 259 g/mol. The fourth-order valence-corrected chi connectivity index (χ4v) is 2.08. The van der Waals surface area contributed by atoms with Crippen LogP contribution in [0.1, 0.15) is 0 Å². The molecule has 0 aliphatic carbocycles. The fraction of sp³-hybridized carbons (Fsp3) is 0.222. The first kappa shape index (κ1) is 12.9. The summed E-state index contributed by atoms with van der Waals surface area (Å²) in [7, 11) is -0.415. The van der Waals surface area contributed by atoms with Crippen molar-refractivity contribution < 1.29 is 8.42 Å². The van der Waals surface area contributed by atoms with Gasteiger partial charge < -0.3 is 11.1 Å². The van der Waals surface area contributed by atoms with E-state index < -0.39 is 10.0 Å². The Morgan fingerprint density at radius 3 is 2.19 bits per heavy atom. The van der Waals surface area contributed by atoms with Crippen LogP contribution in [0.5, 0.6) is 0 Å². The number of sulfonamides is 1. The van der Waals surface area contributed by atoms with Gasteiger partial charge in [-0.05, 0) is 36.5 Å². The standard InChI is InChI=1S/C9H13N3O2S2/c1-12(2)16(13,14)8-5-3-7(4-6-8)11-9(10)15/h3-6H,1-2H3,(H3,10,11,15). The molecular formula is C9H13N3O2S2. The third-order valence-corrected chi connectivity index (χ3v) is 3.83. The van der Waals surface area contributed by atoms with Gasteiger partial charge in [-0.3, -0.25) is 0 Å². The van der Waals surface area contributed by atoms with Crippen LogP contribution in [0.2, 0.25) is 0 Å². The molecule has 0 saturated heterocycles. The lowest BCUT2D eigenvalue weighted by Gasteiger charge is -2.11. The Morgan fingerprint density at radius 1 is 1.31 bits per heavy atom. The molecule has 0 aromatic heterocycles. The van der Waals surface area contributed by atoms with Crippen molar-refractivity contribution in [3.8, 4) is 0 Å².